The van der Waals surface area contributed by atoms with E-state index in [0.717, 1.165) is 46.6 Å². The highest BCUT2D eigenvalue weighted by molar-refractivity contribution is 5.94. The Labute approximate surface area is 125 Å². The van der Waals surface area contributed by atoms with Gasteiger partial charge in [0.2, 0.25) is 0 Å². The molecule has 21 heavy (non-hydrogen) atoms. The molecule has 2 aromatic rings. The molecule has 0 saturated heterocycles. The van der Waals surface area contributed by atoms with E-state index in [0.29, 0.717) is 13.2 Å². The van der Waals surface area contributed by atoms with Crippen molar-refractivity contribution in [2.45, 2.75) is 39.5 Å². The molecule has 2 N–H and O–H groups in total. The molecule has 0 bridgehead atoms. The number of nitrogen functional groups attached to an aromatic ring is 1. The van der Waals surface area contributed by atoms with E-state index in [2.05, 4.69) is 0 Å². The van der Waals surface area contributed by atoms with Crippen molar-refractivity contribution in [2.24, 2.45) is 0 Å². The summed E-state index contributed by atoms with van der Waals surface area (Å²) < 4.78 is 11.4. The maximum absolute atomic E-state index is 6.39. The highest BCUT2D eigenvalue weighted by Crippen LogP contribution is 2.37. The number of pyridine rings is 1. The van der Waals surface area contributed by atoms with Crippen molar-refractivity contribution in [3.63, 3.8) is 0 Å². The van der Waals surface area contributed by atoms with Crippen LogP contribution in [0, 0.1) is 0 Å². The molecule has 1 aromatic carbocycles. The van der Waals surface area contributed by atoms with Gasteiger partial charge in [-0.25, -0.2) is 0 Å². The lowest BCUT2D eigenvalue weighted by Gasteiger charge is -2.20. The second kappa shape index (κ2) is 5.80. The van der Waals surface area contributed by atoms with E-state index in [9.17, 15) is 0 Å². The van der Waals surface area contributed by atoms with Crippen LogP contribution in [0.5, 0.6) is 11.5 Å². The van der Waals surface area contributed by atoms with E-state index in [1.54, 1.807) is 0 Å². The van der Waals surface area contributed by atoms with E-state index in [-0.39, 0.29) is 0 Å². The van der Waals surface area contributed by atoms with E-state index < -0.39 is 0 Å². The van der Waals surface area contributed by atoms with Crippen molar-refractivity contribution in [1.29, 1.82) is 0 Å². The Morgan fingerprint density at radius 3 is 2.43 bits per heavy atom. The monoisotopic (exact) mass is 286 g/mol. The second-order valence-corrected chi connectivity index (χ2v) is 5.34. The standard InChI is InChI=1S/C17H22N2O2/c1-3-20-15-9-12-14(10-16(15)21-4-2)19-13-8-6-5-7-11(13)17(12)18/h9-10H,3-8H2,1-2H3,(H2,18,19). The Bertz CT molecular complexity index is 668. The number of anilines is 1. The van der Waals surface area contributed by atoms with Crippen molar-refractivity contribution in [2.75, 3.05) is 18.9 Å². The van der Waals surface area contributed by atoms with Crippen LogP contribution >= 0.6 is 0 Å². The average Bonchev–Trinajstić information content (AvgIpc) is 2.49. The van der Waals surface area contributed by atoms with E-state index in [1.165, 1.54) is 18.4 Å². The van der Waals surface area contributed by atoms with Gasteiger partial charge in [0.05, 0.1) is 18.7 Å². The molecule has 0 amide bonds. The molecular formula is C17H22N2O2. The van der Waals surface area contributed by atoms with E-state index in [4.69, 9.17) is 20.2 Å². The number of ether oxygens (including phenoxy) is 2. The summed E-state index contributed by atoms with van der Waals surface area (Å²) >= 11 is 0. The Morgan fingerprint density at radius 2 is 1.71 bits per heavy atom. The van der Waals surface area contributed by atoms with Crippen LogP contribution in [0.3, 0.4) is 0 Å². The van der Waals surface area contributed by atoms with Crippen molar-refractivity contribution in [3.05, 3.63) is 23.4 Å². The Kier molecular flexibility index (Phi) is 3.86. The number of nitrogens with two attached hydrogens (primary N) is 1. The Hall–Kier alpha value is -1.97. The van der Waals surface area contributed by atoms with Crippen molar-refractivity contribution in [3.8, 4) is 11.5 Å². The van der Waals surface area contributed by atoms with Crippen LogP contribution in [-0.4, -0.2) is 18.2 Å². The van der Waals surface area contributed by atoms with Crippen molar-refractivity contribution >= 4 is 16.6 Å². The predicted octanol–water partition coefficient (Wildman–Crippen LogP) is 3.49. The predicted molar refractivity (Wildman–Crippen MR) is 85.1 cm³/mol. The van der Waals surface area contributed by atoms with Crippen LogP contribution < -0.4 is 15.2 Å². The molecule has 0 saturated carbocycles. The first-order chi connectivity index (χ1) is 10.2. The average molecular weight is 286 g/mol. The minimum Gasteiger partial charge on any atom is -0.490 e. The third-order valence-electron chi connectivity index (χ3n) is 3.97. The first-order valence-electron chi connectivity index (χ1n) is 7.75. The van der Waals surface area contributed by atoms with Crippen LogP contribution in [0.4, 0.5) is 5.69 Å². The molecule has 4 nitrogen and oxygen atoms in total. The number of hydrogen-bond donors (Lipinski definition) is 1. The summed E-state index contributed by atoms with van der Waals surface area (Å²) in [6, 6.07) is 3.93. The lowest BCUT2D eigenvalue weighted by atomic mass is 9.93. The molecule has 1 aliphatic carbocycles. The van der Waals surface area contributed by atoms with Gasteiger partial charge in [0.15, 0.2) is 11.5 Å². The summed E-state index contributed by atoms with van der Waals surface area (Å²) in [5.74, 6) is 1.49. The van der Waals surface area contributed by atoms with Crippen LogP contribution in [0.1, 0.15) is 37.9 Å². The van der Waals surface area contributed by atoms with Crippen LogP contribution in [0.2, 0.25) is 0 Å². The van der Waals surface area contributed by atoms with Gasteiger partial charge in [0.25, 0.3) is 0 Å². The first kappa shape index (κ1) is 14.0. The van der Waals surface area contributed by atoms with Gasteiger partial charge >= 0.3 is 0 Å². The molecule has 112 valence electrons. The molecule has 3 rings (SSSR count). The van der Waals surface area contributed by atoms with Gasteiger partial charge in [0.1, 0.15) is 0 Å². The van der Waals surface area contributed by atoms with Gasteiger partial charge in [-0.1, -0.05) is 0 Å². The fraction of sp³-hybridized carbons (Fsp3) is 0.471. The zero-order valence-corrected chi connectivity index (χ0v) is 12.7. The summed E-state index contributed by atoms with van der Waals surface area (Å²) in [5.41, 5.74) is 10.5. The van der Waals surface area contributed by atoms with Crippen molar-refractivity contribution < 1.29 is 9.47 Å². The summed E-state index contributed by atoms with van der Waals surface area (Å²) in [7, 11) is 0. The summed E-state index contributed by atoms with van der Waals surface area (Å²) in [5, 5.41) is 0.975. The molecule has 0 atom stereocenters. The third kappa shape index (κ3) is 2.50. The minimum absolute atomic E-state index is 0.601. The highest BCUT2D eigenvalue weighted by atomic mass is 16.5. The molecule has 0 aliphatic heterocycles. The number of aryl methyl sites for hydroxylation is 1. The molecule has 4 heteroatoms. The lowest BCUT2D eigenvalue weighted by Crippen LogP contribution is -2.10. The quantitative estimate of drug-likeness (QED) is 0.934. The van der Waals surface area contributed by atoms with Gasteiger partial charge < -0.3 is 15.2 Å². The van der Waals surface area contributed by atoms with Gasteiger partial charge in [-0.2, -0.15) is 0 Å². The number of fused-ring (bicyclic) bond motifs is 2. The maximum atomic E-state index is 6.39. The van der Waals surface area contributed by atoms with E-state index >= 15 is 0 Å². The van der Waals surface area contributed by atoms with Crippen LogP contribution in [0.25, 0.3) is 10.9 Å². The fourth-order valence-electron chi connectivity index (χ4n) is 3.00. The minimum atomic E-state index is 0.601. The molecule has 0 radical (unpaired) electrons. The first-order valence-corrected chi connectivity index (χ1v) is 7.75. The number of aromatic nitrogens is 1. The molecule has 1 aromatic heterocycles. The summed E-state index contributed by atoms with van der Waals surface area (Å²) in [6.45, 7) is 5.14. The molecular weight excluding hydrogens is 264 g/mol. The second-order valence-electron chi connectivity index (χ2n) is 5.34. The molecule has 1 heterocycles. The maximum Gasteiger partial charge on any atom is 0.163 e. The summed E-state index contributed by atoms with van der Waals surface area (Å²) in [6.07, 6.45) is 4.44. The molecule has 1 aliphatic rings. The molecule has 0 spiro atoms. The smallest absolute Gasteiger partial charge is 0.163 e. The molecule has 0 unspecified atom stereocenters. The summed E-state index contributed by atoms with van der Waals surface area (Å²) in [4.78, 5) is 4.81. The number of benzene rings is 1. The van der Waals surface area contributed by atoms with Crippen LogP contribution in [0.15, 0.2) is 12.1 Å². The number of hydrogen-bond acceptors (Lipinski definition) is 4. The van der Waals surface area contributed by atoms with Gasteiger partial charge in [-0.05, 0) is 51.2 Å². The van der Waals surface area contributed by atoms with Crippen molar-refractivity contribution in [1.82, 2.24) is 4.98 Å². The Morgan fingerprint density at radius 1 is 1.05 bits per heavy atom. The topological polar surface area (TPSA) is 57.4 Å². The number of rotatable bonds is 4. The highest BCUT2D eigenvalue weighted by Gasteiger charge is 2.18. The number of nitrogens with zero attached hydrogens (tertiary/aromatic N) is 1. The third-order valence-corrected chi connectivity index (χ3v) is 3.97. The van der Waals surface area contributed by atoms with Gasteiger partial charge in [-0.15, -0.1) is 0 Å². The lowest BCUT2D eigenvalue weighted by molar-refractivity contribution is 0.288. The molecule has 0 fully saturated rings. The largest absolute Gasteiger partial charge is 0.490 e. The zero-order valence-electron chi connectivity index (χ0n) is 12.7. The normalized spacial score (nSPS) is 14.0. The SMILES string of the molecule is CCOc1cc2nc3c(c(N)c2cc1OCC)CCCC3. The zero-order chi connectivity index (χ0) is 14.8. The van der Waals surface area contributed by atoms with Gasteiger partial charge in [-0.3, -0.25) is 4.98 Å². The fourth-order valence-corrected chi connectivity index (χ4v) is 3.00. The van der Waals surface area contributed by atoms with Gasteiger partial charge in [0, 0.05) is 22.8 Å². The Balaban J connectivity index is 2.20. The van der Waals surface area contributed by atoms with E-state index in [1.807, 2.05) is 26.0 Å². The van der Waals surface area contributed by atoms with Crippen LogP contribution in [-0.2, 0) is 12.8 Å².